The summed E-state index contributed by atoms with van der Waals surface area (Å²) in [7, 11) is 3.99. The molecule has 0 aromatic heterocycles. The largest absolute Gasteiger partial charge is 0.378 e. The molecule has 184 valence electrons. The van der Waals surface area contributed by atoms with Gasteiger partial charge in [-0.2, -0.15) is 0 Å². The van der Waals surface area contributed by atoms with Gasteiger partial charge < -0.3 is 20.4 Å². The average Bonchev–Trinajstić information content (AvgIpc) is 2.83. The van der Waals surface area contributed by atoms with Crippen molar-refractivity contribution in [3.63, 3.8) is 0 Å². The predicted octanol–water partition coefficient (Wildman–Crippen LogP) is 2.64. The molecule has 1 atom stereocenters. The summed E-state index contributed by atoms with van der Waals surface area (Å²) >= 11 is 0. The van der Waals surface area contributed by atoms with Gasteiger partial charge in [-0.15, -0.1) is 0 Å². The lowest BCUT2D eigenvalue weighted by molar-refractivity contribution is -0.139. The van der Waals surface area contributed by atoms with Crippen molar-refractivity contribution >= 4 is 23.2 Å². The molecular weight excluding hydrogens is 433 g/mol. The molecule has 0 spiro atoms. The first kappa shape index (κ1) is 25.5. The molecule has 1 aliphatic rings. The number of nitrogens with one attached hydrogen (secondary N) is 2. The second-order valence-corrected chi connectivity index (χ2v) is 9.32. The van der Waals surface area contributed by atoms with Gasteiger partial charge in [0.15, 0.2) is 0 Å². The summed E-state index contributed by atoms with van der Waals surface area (Å²) in [6.45, 7) is 7.93. The van der Waals surface area contributed by atoms with Gasteiger partial charge in [0.25, 0.3) is 0 Å². The lowest BCUT2D eigenvalue weighted by atomic mass is 10.0. The molecule has 1 aliphatic heterocycles. The van der Waals surface area contributed by atoms with Crippen LogP contribution in [0.25, 0.3) is 0 Å². The Morgan fingerprint density at radius 2 is 1.44 bits per heavy atom. The molecule has 0 bridgehead atoms. The van der Waals surface area contributed by atoms with Gasteiger partial charge in [0.2, 0.25) is 0 Å². The Morgan fingerprint density at radius 1 is 0.882 bits per heavy atom. The molecule has 1 saturated heterocycles. The summed E-state index contributed by atoms with van der Waals surface area (Å²) < 4.78 is 13.3. The van der Waals surface area contributed by atoms with Gasteiger partial charge in [-0.3, -0.25) is 14.5 Å². The van der Waals surface area contributed by atoms with E-state index < -0.39 is 11.8 Å². The van der Waals surface area contributed by atoms with E-state index in [9.17, 15) is 14.0 Å². The van der Waals surface area contributed by atoms with E-state index in [2.05, 4.69) is 44.7 Å². The standard InChI is InChI=1S/C26H36FN5O2/c1-19(2)17-28-25(33)26(34)29-18-24(20-5-9-22(10-6-20)30(3)4)32-15-13-31(14-16-32)23-11-7-21(27)8-12-23/h5-12,19,24H,13-18H2,1-4H3,(H,28,33)(H,29,34). The normalized spacial score (nSPS) is 15.2. The summed E-state index contributed by atoms with van der Waals surface area (Å²) in [6, 6.07) is 14.8. The first-order chi connectivity index (χ1) is 16.2. The maximum atomic E-state index is 13.3. The third-order valence-electron chi connectivity index (χ3n) is 6.07. The molecule has 2 amide bonds. The Kier molecular flexibility index (Phi) is 8.87. The minimum absolute atomic E-state index is 0.0616. The summed E-state index contributed by atoms with van der Waals surface area (Å²) in [5.74, 6) is -1.18. The molecule has 2 aromatic rings. The summed E-state index contributed by atoms with van der Waals surface area (Å²) in [5.41, 5.74) is 3.19. The van der Waals surface area contributed by atoms with Crippen LogP contribution < -0.4 is 20.4 Å². The van der Waals surface area contributed by atoms with Crippen LogP contribution in [0.1, 0.15) is 25.5 Å². The summed E-state index contributed by atoms with van der Waals surface area (Å²) in [4.78, 5) is 31.1. The molecule has 0 aliphatic carbocycles. The highest BCUT2D eigenvalue weighted by molar-refractivity contribution is 6.35. The van der Waals surface area contributed by atoms with E-state index in [1.54, 1.807) is 12.1 Å². The molecule has 2 aromatic carbocycles. The zero-order valence-corrected chi connectivity index (χ0v) is 20.6. The molecule has 3 rings (SSSR count). The lowest BCUT2D eigenvalue weighted by Gasteiger charge is -2.40. The number of hydrogen-bond donors (Lipinski definition) is 2. The number of piperazine rings is 1. The Balaban J connectivity index is 1.68. The van der Waals surface area contributed by atoms with Crippen LogP contribution >= 0.6 is 0 Å². The zero-order chi connectivity index (χ0) is 24.7. The Labute approximate surface area is 201 Å². The van der Waals surface area contributed by atoms with Crippen molar-refractivity contribution in [3.05, 3.63) is 59.9 Å². The van der Waals surface area contributed by atoms with Crippen LogP contribution in [0, 0.1) is 11.7 Å². The van der Waals surface area contributed by atoms with Crippen molar-refractivity contribution < 1.29 is 14.0 Å². The van der Waals surface area contributed by atoms with E-state index in [0.717, 1.165) is 43.1 Å². The predicted molar refractivity (Wildman–Crippen MR) is 135 cm³/mol. The number of hydrogen-bond acceptors (Lipinski definition) is 5. The summed E-state index contributed by atoms with van der Waals surface area (Å²) in [6.07, 6.45) is 0. The molecule has 1 heterocycles. The number of anilines is 2. The van der Waals surface area contributed by atoms with Crippen LogP contribution in [-0.4, -0.2) is 70.1 Å². The van der Waals surface area contributed by atoms with Crippen LogP contribution in [0.15, 0.2) is 48.5 Å². The van der Waals surface area contributed by atoms with Gasteiger partial charge >= 0.3 is 11.8 Å². The molecule has 1 fully saturated rings. The van der Waals surface area contributed by atoms with E-state index in [1.807, 2.05) is 32.8 Å². The van der Waals surface area contributed by atoms with Crippen molar-refractivity contribution in [1.29, 1.82) is 0 Å². The topological polar surface area (TPSA) is 67.9 Å². The Bertz CT molecular complexity index is 939. The minimum atomic E-state index is -0.611. The van der Waals surface area contributed by atoms with Crippen LogP contribution in [0.4, 0.5) is 15.8 Å². The first-order valence-corrected chi connectivity index (χ1v) is 11.8. The minimum Gasteiger partial charge on any atom is -0.378 e. The molecular formula is C26H36FN5O2. The smallest absolute Gasteiger partial charge is 0.309 e. The van der Waals surface area contributed by atoms with Gasteiger partial charge in [0.05, 0.1) is 6.04 Å². The monoisotopic (exact) mass is 469 g/mol. The van der Waals surface area contributed by atoms with Crippen LogP contribution in [0.5, 0.6) is 0 Å². The number of carbonyl (C=O) groups excluding carboxylic acids is 2. The summed E-state index contributed by atoms with van der Waals surface area (Å²) in [5, 5.41) is 5.50. The van der Waals surface area contributed by atoms with Crippen molar-refractivity contribution in [2.75, 3.05) is 63.2 Å². The SMILES string of the molecule is CC(C)CNC(=O)C(=O)NCC(c1ccc(N(C)C)cc1)N1CCN(c2ccc(F)cc2)CC1. The highest BCUT2D eigenvalue weighted by atomic mass is 19.1. The van der Waals surface area contributed by atoms with Crippen LogP contribution in [0.2, 0.25) is 0 Å². The number of halogens is 1. The molecule has 7 nitrogen and oxygen atoms in total. The number of benzene rings is 2. The molecule has 8 heteroatoms. The van der Waals surface area contributed by atoms with Gasteiger partial charge in [0, 0.05) is 64.7 Å². The van der Waals surface area contributed by atoms with E-state index >= 15 is 0 Å². The fraction of sp³-hybridized carbons (Fsp3) is 0.462. The van der Waals surface area contributed by atoms with Gasteiger partial charge in [-0.05, 0) is 47.9 Å². The fourth-order valence-electron chi connectivity index (χ4n) is 4.04. The molecule has 0 saturated carbocycles. The van der Waals surface area contributed by atoms with Crippen molar-refractivity contribution in [3.8, 4) is 0 Å². The van der Waals surface area contributed by atoms with E-state index in [1.165, 1.54) is 12.1 Å². The van der Waals surface area contributed by atoms with Crippen molar-refractivity contribution in [1.82, 2.24) is 15.5 Å². The lowest BCUT2D eigenvalue weighted by Crippen LogP contribution is -2.51. The zero-order valence-electron chi connectivity index (χ0n) is 20.6. The van der Waals surface area contributed by atoms with Gasteiger partial charge in [-0.1, -0.05) is 26.0 Å². The van der Waals surface area contributed by atoms with Crippen molar-refractivity contribution in [2.45, 2.75) is 19.9 Å². The van der Waals surface area contributed by atoms with E-state index in [-0.39, 0.29) is 17.8 Å². The maximum Gasteiger partial charge on any atom is 0.309 e. The number of carbonyl (C=O) groups is 2. The van der Waals surface area contributed by atoms with E-state index in [0.29, 0.717) is 13.1 Å². The quantitative estimate of drug-likeness (QED) is 0.582. The Morgan fingerprint density at radius 3 is 1.97 bits per heavy atom. The number of rotatable bonds is 8. The third-order valence-corrected chi connectivity index (χ3v) is 6.07. The molecule has 0 radical (unpaired) electrons. The van der Waals surface area contributed by atoms with E-state index in [4.69, 9.17) is 0 Å². The van der Waals surface area contributed by atoms with Crippen LogP contribution in [0.3, 0.4) is 0 Å². The second kappa shape index (κ2) is 11.8. The van der Waals surface area contributed by atoms with Crippen LogP contribution in [-0.2, 0) is 9.59 Å². The first-order valence-electron chi connectivity index (χ1n) is 11.8. The third kappa shape index (κ3) is 6.93. The van der Waals surface area contributed by atoms with Crippen molar-refractivity contribution in [2.24, 2.45) is 5.92 Å². The highest BCUT2D eigenvalue weighted by Gasteiger charge is 2.27. The number of nitrogens with zero attached hydrogens (tertiary/aromatic N) is 3. The molecule has 1 unspecified atom stereocenters. The molecule has 2 N–H and O–H groups in total. The maximum absolute atomic E-state index is 13.3. The fourth-order valence-corrected chi connectivity index (χ4v) is 4.04. The average molecular weight is 470 g/mol. The van der Waals surface area contributed by atoms with Gasteiger partial charge in [-0.25, -0.2) is 4.39 Å². The second-order valence-electron chi connectivity index (χ2n) is 9.32. The number of amides is 2. The highest BCUT2D eigenvalue weighted by Crippen LogP contribution is 2.26. The Hall–Kier alpha value is -3.13. The molecule has 34 heavy (non-hydrogen) atoms. The van der Waals surface area contributed by atoms with Gasteiger partial charge in [0.1, 0.15) is 5.82 Å².